The van der Waals surface area contributed by atoms with Gasteiger partial charge in [-0.15, -0.1) is 0 Å². The predicted octanol–water partition coefficient (Wildman–Crippen LogP) is 4.23. The molecule has 0 saturated carbocycles. The minimum absolute atomic E-state index is 0.122. The van der Waals surface area contributed by atoms with E-state index in [1.165, 1.54) is 18.2 Å². The number of esters is 1. The third-order valence-corrected chi connectivity index (χ3v) is 3.75. The number of aromatic nitrogens is 1. The van der Waals surface area contributed by atoms with Crippen molar-refractivity contribution in [1.82, 2.24) is 4.98 Å². The third-order valence-electron chi connectivity index (χ3n) is 3.75. The zero-order valence-corrected chi connectivity index (χ0v) is 13.0. The van der Waals surface area contributed by atoms with Gasteiger partial charge in [0.1, 0.15) is 6.10 Å². The lowest BCUT2D eigenvalue weighted by Gasteiger charge is -2.33. The summed E-state index contributed by atoms with van der Waals surface area (Å²) >= 11 is 0. The number of hydrogen-bond donors (Lipinski definition) is 0. The van der Waals surface area contributed by atoms with Crippen molar-refractivity contribution in [1.29, 1.82) is 0 Å². The predicted molar refractivity (Wildman–Crippen MR) is 80.2 cm³/mol. The lowest BCUT2D eigenvalue weighted by Crippen LogP contribution is -2.28. The summed E-state index contributed by atoms with van der Waals surface area (Å²) in [7, 11) is 0. The molecule has 0 aliphatic heterocycles. The van der Waals surface area contributed by atoms with E-state index in [0.29, 0.717) is 11.5 Å². The van der Waals surface area contributed by atoms with Crippen LogP contribution in [0.3, 0.4) is 0 Å². The van der Waals surface area contributed by atoms with Gasteiger partial charge in [0, 0.05) is 0 Å². The fourth-order valence-electron chi connectivity index (χ4n) is 3.05. The largest absolute Gasteiger partial charge is 0.461 e. The highest BCUT2D eigenvalue weighted by Crippen LogP contribution is 2.36. The first-order chi connectivity index (χ1) is 10.4. The minimum atomic E-state index is -0.494. The molecule has 0 spiro atoms. The molecule has 5 heteroatoms. The molecule has 22 heavy (non-hydrogen) atoms. The maximum atomic E-state index is 12.4. The van der Waals surface area contributed by atoms with Gasteiger partial charge in [0.15, 0.2) is 17.8 Å². The highest BCUT2D eigenvalue weighted by Gasteiger charge is 2.31. The molecule has 0 aromatic carbocycles. The van der Waals surface area contributed by atoms with Crippen LogP contribution in [0.5, 0.6) is 0 Å². The first kappa shape index (κ1) is 14.6. The van der Waals surface area contributed by atoms with E-state index in [9.17, 15) is 4.79 Å². The fourth-order valence-corrected chi connectivity index (χ4v) is 3.05. The Morgan fingerprint density at radius 1 is 1.41 bits per heavy atom. The van der Waals surface area contributed by atoms with Crippen LogP contribution in [0.25, 0.3) is 11.5 Å². The van der Waals surface area contributed by atoms with Gasteiger partial charge in [-0.1, -0.05) is 19.4 Å². The molecular formula is C17H19NO4. The number of carbonyl (C=O) groups excluding carboxylic acids is 1. The Kier molecular flexibility index (Phi) is 3.64. The van der Waals surface area contributed by atoms with Crippen molar-refractivity contribution in [2.45, 2.75) is 39.7 Å². The molecule has 1 atom stereocenters. The maximum absolute atomic E-state index is 12.4. The summed E-state index contributed by atoms with van der Waals surface area (Å²) in [6.45, 7) is 6.41. The molecule has 2 heterocycles. The van der Waals surface area contributed by atoms with Crippen LogP contribution in [0.15, 0.2) is 45.3 Å². The summed E-state index contributed by atoms with van der Waals surface area (Å²) in [5.74, 6) is 0.262. The number of carbonyl (C=O) groups is 1. The lowest BCUT2D eigenvalue weighted by molar-refractivity contribution is 0.0278. The first-order valence-electron chi connectivity index (χ1n) is 7.30. The van der Waals surface area contributed by atoms with Crippen molar-refractivity contribution in [3.05, 3.63) is 42.1 Å². The number of nitrogens with zero attached hydrogens (tertiary/aromatic N) is 1. The summed E-state index contributed by atoms with van der Waals surface area (Å²) in [4.78, 5) is 16.4. The van der Waals surface area contributed by atoms with Crippen LogP contribution < -0.4 is 0 Å². The van der Waals surface area contributed by atoms with Gasteiger partial charge < -0.3 is 13.6 Å². The van der Waals surface area contributed by atoms with E-state index in [0.717, 1.165) is 12.8 Å². The first-order valence-corrected chi connectivity index (χ1v) is 7.30. The Morgan fingerprint density at radius 3 is 2.91 bits per heavy atom. The van der Waals surface area contributed by atoms with Gasteiger partial charge in [0.25, 0.3) is 0 Å². The summed E-state index contributed by atoms with van der Waals surface area (Å²) in [6, 6.07) is 3.44. The average Bonchev–Trinajstić information content (AvgIpc) is 3.07. The highest BCUT2D eigenvalue weighted by atomic mass is 16.5. The Labute approximate surface area is 129 Å². The van der Waals surface area contributed by atoms with Crippen LogP contribution in [0.2, 0.25) is 0 Å². The van der Waals surface area contributed by atoms with Crippen molar-refractivity contribution >= 4 is 5.97 Å². The Morgan fingerprint density at radius 2 is 2.23 bits per heavy atom. The van der Waals surface area contributed by atoms with E-state index in [1.807, 2.05) is 6.08 Å². The van der Waals surface area contributed by atoms with Crippen LogP contribution in [-0.2, 0) is 4.74 Å². The van der Waals surface area contributed by atoms with Gasteiger partial charge in [0.2, 0.25) is 5.76 Å². The van der Waals surface area contributed by atoms with E-state index in [4.69, 9.17) is 13.6 Å². The van der Waals surface area contributed by atoms with E-state index < -0.39 is 5.97 Å². The Hall–Kier alpha value is -2.30. The van der Waals surface area contributed by atoms with E-state index in [2.05, 4.69) is 25.8 Å². The molecule has 1 aliphatic rings. The van der Waals surface area contributed by atoms with Gasteiger partial charge in [-0.3, -0.25) is 0 Å². The van der Waals surface area contributed by atoms with Crippen molar-refractivity contribution in [2.75, 3.05) is 0 Å². The van der Waals surface area contributed by atoms with Crippen LogP contribution in [0.1, 0.15) is 44.1 Å². The van der Waals surface area contributed by atoms with Crippen LogP contribution in [0, 0.1) is 5.41 Å². The number of furan rings is 1. The Bertz CT molecular complexity index is 694. The topological polar surface area (TPSA) is 65.5 Å². The molecule has 5 nitrogen and oxygen atoms in total. The quantitative estimate of drug-likeness (QED) is 0.627. The van der Waals surface area contributed by atoms with Gasteiger partial charge in [-0.2, -0.15) is 0 Å². The smallest absolute Gasteiger partial charge is 0.361 e. The van der Waals surface area contributed by atoms with Crippen molar-refractivity contribution in [3.63, 3.8) is 0 Å². The number of oxazole rings is 1. The number of allylic oxidation sites excluding steroid dienone is 1. The molecule has 0 saturated heterocycles. The molecule has 0 radical (unpaired) electrons. The van der Waals surface area contributed by atoms with Crippen molar-refractivity contribution in [3.8, 4) is 11.5 Å². The van der Waals surface area contributed by atoms with E-state index in [-0.39, 0.29) is 17.2 Å². The monoisotopic (exact) mass is 301 g/mol. The number of ether oxygens (including phenoxy) is 1. The molecule has 0 bridgehead atoms. The second-order valence-corrected chi connectivity index (χ2v) is 6.51. The van der Waals surface area contributed by atoms with Gasteiger partial charge in [-0.25, -0.2) is 9.78 Å². The summed E-state index contributed by atoms with van der Waals surface area (Å²) < 4.78 is 16.1. The number of rotatable bonds is 3. The molecule has 3 rings (SSSR count). The molecule has 1 unspecified atom stereocenters. The summed E-state index contributed by atoms with van der Waals surface area (Å²) in [6.07, 6.45) is 6.32. The zero-order valence-electron chi connectivity index (χ0n) is 13.0. The van der Waals surface area contributed by atoms with E-state index >= 15 is 0 Å². The average molecular weight is 301 g/mol. The molecule has 0 amide bonds. The van der Waals surface area contributed by atoms with Gasteiger partial charge in [-0.05, 0) is 43.4 Å². The van der Waals surface area contributed by atoms with Gasteiger partial charge >= 0.3 is 5.97 Å². The highest BCUT2D eigenvalue weighted by molar-refractivity contribution is 5.93. The Balaban J connectivity index is 1.79. The zero-order chi connectivity index (χ0) is 15.7. The second kappa shape index (κ2) is 5.48. The second-order valence-electron chi connectivity index (χ2n) is 6.51. The fraction of sp³-hybridized carbons (Fsp3) is 0.412. The van der Waals surface area contributed by atoms with E-state index in [1.54, 1.807) is 12.1 Å². The molecule has 116 valence electrons. The molecule has 0 fully saturated rings. The SMILES string of the molecule is CC1=CC(OC(=O)c2ncoc2-c2ccco2)CC(C)(C)C1. The van der Waals surface area contributed by atoms with Crippen LogP contribution in [0.4, 0.5) is 0 Å². The van der Waals surface area contributed by atoms with Crippen LogP contribution >= 0.6 is 0 Å². The number of hydrogen-bond acceptors (Lipinski definition) is 5. The maximum Gasteiger partial charge on any atom is 0.361 e. The summed E-state index contributed by atoms with van der Waals surface area (Å²) in [5.41, 5.74) is 1.50. The van der Waals surface area contributed by atoms with Crippen molar-refractivity contribution in [2.24, 2.45) is 5.41 Å². The minimum Gasteiger partial charge on any atom is -0.461 e. The summed E-state index contributed by atoms with van der Waals surface area (Å²) in [5, 5.41) is 0. The van der Waals surface area contributed by atoms with Crippen LogP contribution in [-0.4, -0.2) is 17.1 Å². The third kappa shape index (κ3) is 2.98. The molecule has 1 aliphatic carbocycles. The molecule has 2 aromatic heterocycles. The normalized spacial score (nSPS) is 20.5. The standard InChI is InChI=1S/C17H19NO4/c1-11-7-12(9-17(2,3)8-11)22-16(19)14-15(21-10-18-14)13-5-4-6-20-13/h4-7,10,12H,8-9H2,1-3H3. The molecular weight excluding hydrogens is 282 g/mol. The molecule has 2 aromatic rings. The lowest BCUT2D eigenvalue weighted by atomic mass is 9.76. The van der Waals surface area contributed by atoms with Crippen molar-refractivity contribution < 1.29 is 18.4 Å². The molecule has 0 N–H and O–H groups in total. The van der Waals surface area contributed by atoms with Gasteiger partial charge in [0.05, 0.1) is 6.26 Å².